The Bertz CT molecular complexity index is 1230. The average molecular weight is 737 g/mol. The summed E-state index contributed by atoms with van der Waals surface area (Å²) in [7, 11) is -10.8. The molecule has 0 unspecified atom stereocenters. The van der Waals surface area contributed by atoms with E-state index in [2.05, 4.69) is 118 Å². The molecular weight excluding hydrogens is 670 g/mol. The van der Waals surface area contributed by atoms with E-state index in [1.807, 2.05) is 0 Å². The first-order valence-corrected chi connectivity index (χ1v) is 20.6. The van der Waals surface area contributed by atoms with Crippen molar-refractivity contribution in [2.24, 2.45) is 0 Å². The van der Waals surface area contributed by atoms with E-state index in [4.69, 9.17) is 38.5 Å². The van der Waals surface area contributed by atoms with Gasteiger partial charge in [0.05, 0.1) is 0 Å². The van der Waals surface area contributed by atoms with E-state index in [1.165, 1.54) is 134 Å². The van der Waals surface area contributed by atoms with Crippen LogP contribution in [0.2, 0.25) is 0 Å². The van der Waals surface area contributed by atoms with Crippen LogP contribution in [-0.4, -0.2) is 0 Å². The van der Waals surface area contributed by atoms with Crippen LogP contribution in [0.4, 0.5) is 0 Å². The van der Waals surface area contributed by atoms with Gasteiger partial charge in [-0.3, -0.25) is 0 Å². The highest BCUT2D eigenvalue weighted by atomic mass is 31.2. The molecule has 10 heteroatoms. The highest BCUT2D eigenvalue weighted by Crippen LogP contribution is 2.17. The van der Waals surface area contributed by atoms with Crippen molar-refractivity contribution in [2.45, 2.75) is 159 Å². The van der Waals surface area contributed by atoms with Gasteiger partial charge in [-0.2, -0.15) is 15.6 Å². The average Bonchev–Trinajstić information content (AvgIpc) is 2.95. The molecule has 0 aromatic heterocycles. The molecule has 0 saturated heterocycles. The van der Waals surface area contributed by atoms with Crippen LogP contribution < -0.4 is 29.4 Å². The van der Waals surface area contributed by atoms with Crippen molar-refractivity contribution in [3.05, 3.63) is 93.2 Å². The fraction of sp³-hybridized carbons (Fsp3) is 0.600. The molecule has 0 amide bonds. The minimum atomic E-state index is -5.39. The highest BCUT2D eigenvalue weighted by Gasteiger charge is 1.96. The molecule has 0 aliphatic carbocycles. The van der Waals surface area contributed by atoms with E-state index in [9.17, 15) is 0 Å². The number of allylic oxidation sites excluding steroid dienone is 16. The maximum Gasteiger partial charge on any atom is -0.0288 e. The molecule has 0 aliphatic heterocycles. The lowest BCUT2D eigenvalue weighted by atomic mass is 10.0. The van der Waals surface area contributed by atoms with Gasteiger partial charge < -0.3 is 38.5 Å². The molecule has 0 rings (SSSR count). The van der Waals surface area contributed by atoms with E-state index < -0.39 is 15.6 Å². The van der Waals surface area contributed by atoms with Crippen molar-refractivity contribution in [3.8, 4) is 0 Å². The van der Waals surface area contributed by atoms with Crippen molar-refractivity contribution in [1.29, 1.82) is 0 Å². The molecule has 0 fully saturated rings. The molecular formula is C40H66O8P2-6. The van der Waals surface area contributed by atoms with Crippen molar-refractivity contribution in [3.63, 3.8) is 0 Å². The van der Waals surface area contributed by atoms with Crippen molar-refractivity contribution < 1.29 is 38.5 Å². The van der Waals surface area contributed by atoms with Gasteiger partial charge in [0.2, 0.25) is 0 Å². The van der Waals surface area contributed by atoms with Crippen LogP contribution in [0, 0.1) is 0 Å². The smallest absolute Gasteiger partial charge is 0.0288 e. The van der Waals surface area contributed by atoms with Gasteiger partial charge in [0.15, 0.2) is 0 Å². The van der Waals surface area contributed by atoms with Crippen LogP contribution in [0.25, 0.3) is 0 Å². The van der Waals surface area contributed by atoms with Crippen molar-refractivity contribution >= 4 is 15.6 Å². The Morgan fingerprint density at radius 3 is 0.680 bits per heavy atom. The standard InChI is InChI=1S/C40H66.2H3O4P/c1-11-34(4)20-13-22-36(6)24-15-26-38(8)28-17-30-40(10)32-18-31-39(9)29-16-27-37(7)25-14-23-35(5)21-12-19-33(2)3;2*1-5(2,3)4/h11,19,22-23,26-27,30-31H,12-18,20-21,24-25,28-29,32H2,1-10H3;2*(H3,1,2,3,4)/p-6. The van der Waals surface area contributed by atoms with E-state index >= 15 is 0 Å². The molecule has 0 aromatic rings. The monoisotopic (exact) mass is 736 g/mol. The van der Waals surface area contributed by atoms with Gasteiger partial charge in [-0.25, -0.2) is 0 Å². The first kappa shape index (κ1) is 52.5. The van der Waals surface area contributed by atoms with E-state index in [0.29, 0.717) is 0 Å². The van der Waals surface area contributed by atoms with E-state index in [0.717, 1.165) is 0 Å². The van der Waals surface area contributed by atoms with Gasteiger partial charge in [-0.15, -0.1) is 0 Å². The molecule has 0 heterocycles. The summed E-state index contributed by atoms with van der Waals surface area (Å²) in [6.45, 7) is 22.5. The summed E-state index contributed by atoms with van der Waals surface area (Å²) in [6, 6.07) is 0. The first-order chi connectivity index (χ1) is 23.0. The van der Waals surface area contributed by atoms with Gasteiger partial charge >= 0.3 is 0 Å². The molecule has 0 bridgehead atoms. The summed E-state index contributed by atoms with van der Waals surface area (Å²) in [5, 5.41) is 0. The zero-order valence-electron chi connectivity index (χ0n) is 32.7. The minimum absolute atomic E-state index is 1.17. The predicted octanol–water partition coefficient (Wildman–Crippen LogP) is 8.41. The Hall–Kier alpha value is -1.86. The summed E-state index contributed by atoms with van der Waals surface area (Å²) in [5.74, 6) is 0. The SMILES string of the molecule is CC=C(C)CCC=C(C)CCC=C(C)CCC=C(C)CCC=C(C)CCC=C(C)CCC=C(C)CCC=C(C)C.O=P([O-])([O-])[O-].O=P([O-])([O-])[O-]. The second-order valence-electron chi connectivity index (χ2n) is 13.4. The number of hydrogen-bond donors (Lipinski definition) is 0. The molecule has 50 heavy (non-hydrogen) atoms. The molecule has 0 atom stereocenters. The summed E-state index contributed by atoms with van der Waals surface area (Å²) in [6.07, 6.45) is 35.8. The lowest BCUT2D eigenvalue weighted by Crippen LogP contribution is -2.24. The third-order valence-corrected chi connectivity index (χ3v) is 7.77. The van der Waals surface area contributed by atoms with Gasteiger partial charge in [-0.05, 0) is 159 Å². The fourth-order valence-corrected chi connectivity index (χ4v) is 4.62. The molecule has 0 radical (unpaired) electrons. The van der Waals surface area contributed by atoms with E-state index in [-0.39, 0.29) is 0 Å². The molecule has 0 aromatic carbocycles. The number of phosphoric acid groups is 2. The van der Waals surface area contributed by atoms with E-state index in [1.54, 1.807) is 0 Å². The number of hydrogen-bond acceptors (Lipinski definition) is 8. The molecule has 0 aliphatic rings. The Balaban J connectivity index is -0.00000192. The lowest BCUT2D eigenvalue weighted by molar-refractivity contribution is -0.434. The topological polar surface area (TPSA) is 172 Å². The van der Waals surface area contributed by atoms with Crippen LogP contribution >= 0.6 is 15.6 Å². The molecule has 0 saturated carbocycles. The Labute approximate surface area is 305 Å². The van der Waals surface area contributed by atoms with Crippen LogP contribution in [0.5, 0.6) is 0 Å². The highest BCUT2D eigenvalue weighted by molar-refractivity contribution is 7.40. The Morgan fingerprint density at radius 1 is 0.360 bits per heavy atom. The maximum absolute atomic E-state index is 8.55. The molecule has 8 nitrogen and oxygen atoms in total. The Kier molecular flexibility index (Phi) is 33.4. The zero-order chi connectivity index (χ0) is 39.2. The second-order valence-corrected chi connectivity index (χ2v) is 15.2. The summed E-state index contributed by atoms with van der Waals surface area (Å²) in [5.41, 5.74) is 12.1. The van der Waals surface area contributed by atoms with Crippen molar-refractivity contribution in [1.82, 2.24) is 0 Å². The fourth-order valence-electron chi connectivity index (χ4n) is 4.62. The molecule has 0 spiro atoms. The minimum Gasteiger partial charge on any atom is -0.822 e. The summed E-state index contributed by atoms with van der Waals surface area (Å²) in [4.78, 5) is 51.3. The largest absolute Gasteiger partial charge is 0.822 e. The molecule has 290 valence electrons. The summed E-state index contributed by atoms with van der Waals surface area (Å²) < 4.78 is 17.1. The first-order valence-electron chi connectivity index (χ1n) is 17.7. The Morgan fingerprint density at radius 2 is 0.520 bits per heavy atom. The number of rotatable bonds is 21. The summed E-state index contributed by atoms with van der Waals surface area (Å²) >= 11 is 0. The van der Waals surface area contributed by atoms with Crippen LogP contribution in [0.15, 0.2) is 93.2 Å². The van der Waals surface area contributed by atoms with Gasteiger partial charge in [0, 0.05) is 0 Å². The van der Waals surface area contributed by atoms with Gasteiger partial charge in [-0.1, -0.05) is 93.2 Å². The van der Waals surface area contributed by atoms with Crippen LogP contribution in [0.3, 0.4) is 0 Å². The maximum atomic E-state index is 8.55. The van der Waals surface area contributed by atoms with Crippen molar-refractivity contribution in [2.75, 3.05) is 0 Å². The zero-order valence-corrected chi connectivity index (χ0v) is 34.5. The predicted molar refractivity (Wildman–Crippen MR) is 201 cm³/mol. The second kappa shape index (κ2) is 31.8. The third-order valence-electron chi connectivity index (χ3n) is 7.77. The normalized spacial score (nSPS) is 14.1. The lowest BCUT2D eigenvalue weighted by Gasteiger charge is -2.36. The van der Waals surface area contributed by atoms with Crippen LogP contribution in [0.1, 0.15) is 159 Å². The van der Waals surface area contributed by atoms with Gasteiger partial charge in [0.25, 0.3) is 0 Å². The van der Waals surface area contributed by atoms with Crippen LogP contribution in [-0.2, 0) is 9.13 Å². The van der Waals surface area contributed by atoms with Gasteiger partial charge in [0.1, 0.15) is 0 Å². The molecule has 0 N–H and O–H groups in total. The quantitative estimate of drug-likeness (QED) is 0.0834. The third kappa shape index (κ3) is 52.9.